The van der Waals surface area contributed by atoms with Crippen molar-refractivity contribution in [1.29, 1.82) is 0 Å². The van der Waals surface area contributed by atoms with Crippen LogP contribution in [0.5, 0.6) is 5.75 Å². The van der Waals surface area contributed by atoms with Crippen LogP contribution in [0.15, 0.2) is 34.7 Å². The highest BCUT2D eigenvalue weighted by Gasteiger charge is 2.18. The van der Waals surface area contributed by atoms with Crippen molar-refractivity contribution in [2.45, 2.75) is 39.3 Å². The van der Waals surface area contributed by atoms with Crippen molar-refractivity contribution in [1.82, 2.24) is 10.6 Å². The maximum Gasteiger partial charge on any atom is 0.287 e. The molecule has 0 saturated carbocycles. The Bertz CT molecular complexity index is 702. The number of aryl methyl sites for hydroxylation is 2. The summed E-state index contributed by atoms with van der Waals surface area (Å²) in [6, 6.07) is 9.71. The SMILES string of the molecule is Cc1ccc(OCc2ccc(C(=O)NC3CCCNC3)o2)c(C)c1. The molecule has 0 spiro atoms. The van der Waals surface area contributed by atoms with E-state index in [1.54, 1.807) is 12.1 Å². The van der Waals surface area contributed by atoms with Crippen molar-refractivity contribution in [2.75, 3.05) is 13.1 Å². The maximum absolute atomic E-state index is 12.2. The van der Waals surface area contributed by atoms with Gasteiger partial charge in [-0.15, -0.1) is 0 Å². The van der Waals surface area contributed by atoms with E-state index in [0.29, 0.717) is 18.1 Å². The molecule has 0 aliphatic carbocycles. The molecule has 2 N–H and O–H groups in total. The van der Waals surface area contributed by atoms with Gasteiger partial charge in [0.25, 0.3) is 5.91 Å². The van der Waals surface area contributed by atoms with E-state index < -0.39 is 0 Å². The third-order valence-corrected chi connectivity index (χ3v) is 4.22. The molecule has 5 heteroatoms. The molecule has 1 aliphatic rings. The fourth-order valence-electron chi connectivity index (χ4n) is 2.92. The number of carbonyl (C=O) groups is 1. The molecule has 1 saturated heterocycles. The molecule has 1 aliphatic heterocycles. The zero-order chi connectivity index (χ0) is 16.9. The van der Waals surface area contributed by atoms with Crippen LogP contribution in [0.25, 0.3) is 0 Å². The zero-order valence-electron chi connectivity index (χ0n) is 14.2. The first-order valence-corrected chi connectivity index (χ1v) is 8.42. The third kappa shape index (κ3) is 4.17. The Kier molecular flexibility index (Phi) is 5.20. The van der Waals surface area contributed by atoms with Gasteiger partial charge in [-0.3, -0.25) is 4.79 Å². The largest absolute Gasteiger partial charge is 0.485 e. The smallest absolute Gasteiger partial charge is 0.287 e. The highest BCUT2D eigenvalue weighted by Crippen LogP contribution is 2.20. The summed E-state index contributed by atoms with van der Waals surface area (Å²) in [6.07, 6.45) is 2.08. The second kappa shape index (κ2) is 7.53. The molecule has 1 aromatic heterocycles. The second-order valence-corrected chi connectivity index (χ2v) is 6.34. The minimum absolute atomic E-state index is 0.165. The molecule has 0 bridgehead atoms. The number of piperidine rings is 1. The van der Waals surface area contributed by atoms with Crippen LogP contribution in [-0.4, -0.2) is 25.0 Å². The summed E-state index contributed by atoms with van der Waals surface area (Å²) >= 11 is 0. The molecular weight excluding hydrogens is 304 g/mol. The normalized spacial score (nSPS) is 17.5. The molecule has 5 nitrogen and oxygen atoms in total. The van der Waals surface area contributed by atoms with Gasteiger partial charge >= 0.3 is 0 Å². The Labute approximate surface area is 142 Å². The van der Waals surface area contributed by atoms with Crippen LogP contribution in [0.3, 0.4) is 0 Å². The first-order valence-electron chi connectivity index (χ1n) is 8.42. The summed E-state index contributed by atoms with van der Waals surface area (Å²) in [7, 11) is 0. The van der Waals surface area contributed by atoms with Crippen molar-refractivity contribution in [3.05, 3.63) is 53.0 Å². The number of furan rings is 1. The van der Waals surface area contributed by atoms with Gasteiger partial charge < -0.3 is 19.8 Å². The molecule has 0 radical (unpaired) electrons. The Morgan fingerprint density at radius 3 is 2.96 bits per heavy atom. The van der Waals surface area contributed by atoms with Gasteiger partial charge in [0.15, 0.2) is 5.76 Å². The fraction of sp³-hybridized carbons (Fsp3) is 0.421. The molecule has 1 amide bonds. The van der Waals surface area contributed by atoms with Gasteiger partial charge in [0, 0.05) is 12.6 Å². The Morgan fingerprint density at radius 2 is 2.21 bits per heavy atom. The van der Waals surface area contributed by atoms with Crippen molar-refractivity contribution >= 4 is 5.91 Å². The predicted octanol–water partition coefficient (Wildman–Crippen LogP) is 2.96. The van der Waals surface area contributed by atoms with Crippen LogP contribution in [0.4, 0.5) is 0 Å². The topological polar surface area (TPSA) is 63.5 Å². The van der Waals surface area contributed by atoms with E-state index in [-0.39, 0.29) is 11.9 Å². The van der Waals surface area contributed by atoms with Crippen molar-refractivity contribution in [3.8, 4) is 5.75 Å². The molecule has 2 heterocycles. The summed E-state index contributed by atoms with van der Waals surface area (Å²) in [5, 5.41) is 6.28. The zero-order valence-corrected chi connectivity index (χ0v) is 14.2. The van der Waals surface area contributed by atoms with Gasteiger partial charge in [-0.2, -0.15) is 0 Å². The summed E-state index contributed by atoms with van der Waals surface area (Å²) in [4.78, 5) is 12.2. The number of nitrogens with one attached hydrogen (secondary N) is 2. The van der Waals surface area contributed by atoms with Crippen molar-refractivity contribution < 1.29 is 13.9 Å². The van der Waals surface area contributed by atoms with E-state index in [1.807, 2.05) is 19.1 Å². The van der Waals surface area contributed by atoms with E-state index in [4.69, 9.17) is 9.15 Å². The van der Waals surface area contributed by atoms with Crippen LogP contribution < -0.4 is 15.4 Å². The Balaban J connectivity index is 1.55. The third-order valence-electron chi connectivity index (χ3n) is 4.22. The molecule has 24 heavy (non-hydrogen) atoms. The standard InChI is InChI=1S/C19H24N2O3/c1-13-5-7-17(14(2)10-13)23-12-16-6-8-18(24-16)19(22)21-15-4-3-9-20-11-15/h5-8,10,15,20H,3-4,9,11-12H2,1-2H3,(H,21,22). The molecule has 1 fully saturated rings. The highest BCUT2D eigenvalue weighted by molar-refractivity contribution is 5.91. The number of rotatable bonds is 5. The maximum atomic E-state index is 12.2. The number of carbonyl (C=O) groups excluding carboxylic acids is 1. The predicted molar refractivity (Wildman–Crippen MR) is 92.3 cm³/mol. The van der Waals surface area contributed by atoms with Crippen LogP contribution in [0, 0.1) is 13.8 Å². The quantitative estimate of drug-likeness (QED) is 0.886. The fourth-order valence-corrected chi connectivity index (χ4v) is 2.92. The van der Waals surface area contributed by atoms with Crippen LogP contribution in [-0.2, 0) is 6.61 Å². The lowest BCUT2D eigenvalue weighted by Gasteiger charge is -2.23. The van der Waals surface area contributed by atoms with E-state index in [2.05, 4.69) is 23.6 Å². The lowest BCUT2D eigenvalue weighted by Crippen LogP contribution is -2.45. The van der Waals surface area contributed by atoms with Crippen molar-refractivity contribution in [2.24, 2.45) is 0 Å². The van der Waals surface area contributed by atoms with Gasteiger partial charge in [-0.25, -0.2) is 0 Å². The van der Waals surface area contributed by atoms with E-state index in [0.717, 1.165) is 37.2 Å². The van der Waals surface area contributed by atoms with Crippen LogP contribution in [0.1, 0.15) is 40.3 Å². The first kappa shape index (κ1) is 16.6. The van der Waals surface area contributed by atoms with Crippen LogP contribution in [0.2, 0.25) is 0 Å². The molecule has 1 atom stereocenters. The number of hydrogen-bond acceptors (Lipinski definition) is 4. The highest BCUT2D eigenvalue weighted by atomic mass is 16.5. The van der Waals surface area contributed by atoms with E-state index in [1.165, 1.54) is 5.56 Å². The van der Waals surface area contributed by atoms with Gasteiger partial charge in [0.1, 0.15) is 18.1 Å². The molecule has 2 aromatic rings. The monoisotopic (exact) mass is 328 g/mol. The number of benzene rings is 1. The van der Waals surface area contributed by atoms with Gasteiger partial charge in [0.05, 0.1) is 0 Å². The molecule has 3 rings (SSSR count). The van der Waals surface area contributed by atoms with Gasteiger partial charge in [-0.1, -0.05) is 17.7 Å². The number of amides is 1. The first-order chi connectivity index (χ1) is 11.6. The van der Waals surface area contributed by atoms with Crippen molar-refractivity contribution in [3.63, 3.8) is 0 Å². The summed E-state index contributed by atoms with van der Waals surface area (Å²) in [5.41, 5.74) is 2.29. The summed E-state index contributed by atoms with van der Waals surface area (Å²) in [5.74, 6) is 1.64. The lowest BCUT2D eigenvalue weighted by atomic mass is 10.1. The lowest BCUT2D eigenvalue weighted by molar-refractivity contribution is 0.0898. The Morgan fingerprint density at radius 1 is 1.33 bits per heavy atom. The Hall–Kier alpha value is -2.27. The van der Waals surface area contributed by atoms with Gasteiger partial charge in [0.2, 0.25) is 0 Å². The molecule has 128 valence electrons. The minimum Gasteiger partial charge on any atom is -0.485 e. The minimum atomic E-state index is -0.165. The molecule has 1 unspecified atom stereocenters. The molecular formula is C19H24N2O3. The van der Waals surface area contributed by atoms with Crippen LogP contribution >= 0.6 is 0 Å². The summed E-state index contributed by atoms with van der Waals surface area (Å²) in [6.45, 7) is 6.21. The number of ether oxygens (including phenoxy) is 1. The average molecular weight is 328 g/mol. The van der Waals surface area contributed by atoms with E-state index in [9.17, 15) is 4.79 Å². The number of hydrogen-bond donors (Lipinski definition) is 2. The van der Waals surface area contributed by atoms with E-state index >= 15 is 0 Å². The summed E-state index contributed by atoms with van der Waals surface area (Å²) < 4.78 is 11.4. The molecule has 1 aromatic carbocycles. The van der Waals surface area contributed by atoms with Gasteiger partial charge in [-0.05, 0) is 57.0 Å². The second-order valence-electron chi connectivity index (χ2n) is 6.34. The average Bonchev–Trinajstić information content (AvgIpc) is 3.04.